The van der Waals surface area contributed by atoms with Crippen LogP contribution in [0.1, 0.15) is 123 Å². The van der Waals surface area contributed by atoms with E-state index in [4.69, 9.17) is 15.2 Å². The standard InChI is InChI=1S/C26H51NO6/c1-4-6-8-10-11-12-13-14-15-17-21(33-25(32-3)20-24(27)29)19-23(28)22(26(30)31)18-16-9-7-5-2/h21-23,25,28H,4-20H2,1-3H3,(H2,27,29)(H,30,31)/t21-,22-,23-,25+/m0/s1. The first-order valence-corrected chi connectivity index (χ1v) is 13.2. The summed E-state index contributed by atoms with van der Waals surface area (Å²) in [6.07, 6.45) is 13.8. The molecule has 0 bridgehead atoms. The molecule has 0 aromatic rings. The predicted molar refractivity (Wildman–Crippen MR) is 132 cm³/mol. The maximum absolute atomic E-state index is 11.7. The molecule has 0 saturated heterocycles. The average molecular weight is 474 g/mol. The molecule has 4 atom stereocenters. The fourth-order valence-corrected chi connectivity index (χ4v) is 4.20. The van der Waals surface area contributed by atoms with Crippen molar-refractivity contribution >= 4 is 11.9 Å². The minimum absolute atomic E-state index is 0.0692. The number of nitrogens with two attached hydrogens (primary N) is 1. The largest absolute Gasteiger partial charge is 0.481 e. The van der Waals surface area contributed by atoms with Gasteiger partial charge in [-0.2, -0.15) is 0 Å². The summed E-state index contributed by atoms with van der Waals surface area (Å²) in [7, 11) is 1.45. The van der Waals surface area contributed by atoms with Gasteiger partial charge in [-0.3, -0.25) is 9.59 Å². The lowest BCUT2D eigenvalue weighted by atomic mass is 9.90. The molecule has 0 fully saturated rings. The summed E-state index contributed by atoms with van der Waals surface area (Å²) in [4.78, 5) is 23.1. The molecule has 0 saturated carbocycles. The number of carbonyl (C=O) groups excluding carboxylic acids is 1. The van der Waals surface area contributed by atoms with Gasteiger partial charge in [0.15, 0.2) is 6.29 Å². The molecule has 4 N–H and O–H groups in total. The van der Waals surface area contributed by atoms with E-state index in [2.05, 4.69) is 13.8 Å². The molecule has 0 aliphatic carbocycles. The molecule has 0 radical (unpaired) electrons. The summed E-state index contributed by atoms with van der Waals surface area (Å²) in [5, 5.41) is 20.3. The molecule has 7 heteroatoms. The zero-order valence-corrected chi connectivity index (χ0v) is 21.4. The lowest BCUT2D eigenvalue weighted by Crippen LogP contribution is -2.35. The number of rotatable bonds is 24. The molecular weight excluding hydrogens is 422 g/mol. The third kappa shape index (κ3) is 17.9. The van der Waals surface area contributed by atoms with E-state index < -0.39 is 30.2 Å². The van der Waals surface area contributed by atoms with Crippen molar-refractivity contribution in [3.05, 3.63) is 0 Å². The molecule has 0 aliphatic heterocycles. The van der Waals surface area contributed by atoms with Gasteiger partial charge >= 0.3 is 5.97 Å². The summed E-state index contributed by atoms with van der Waals surface area (Å²) in [5.41, 5.74) is 5.29. The van der Waals surface area contributed by atoms with E-state index in [0.717, 1.165) is 44.9 Å². The van der Waals surface area contributed by atoms with Crippen molar-refractivity contribution in [2.24, 2.45) is 11.7 Å². The number of primary amides is 1. The van der Waals surface area contributed by atoms with Crippen molar-refractivity contribution in [1.29, 1.82) is 0 Å². The van der Waals surface area contributed by atoms with Gasteiger partial charge in [0.2, 0.25) is 5.91 Å². The van der Waals surface area contributed by atoms with Crippen LogP contribution in [0.2, 0.25) is 0 Å². The second-order valence-corrected chi connectivity index (χ2v) is 9.31. The van der Waals surface area contributed by atoms with Crippen LogP contribution in [0.5, 0.6) is 0 Å². The molecule has 33 heavy (non-hydrogen) atoms. The van der Waals surface area contributed by atoms with Crippen LogP contribution in [0.3, 0.4) is 0 Å². The quantitative estimate of drug-likeness (QED) is 0.125. The van der Waals surface area contributed by atoms with Gasteiger partial charge in [0.1, 0.15) is 0 Å². The number of hydrogen-bond acceptors (Lipinski definition) is 5. The second-order valence-electron chi connectivity index (χ2n) is 9.31. The van der Waals surface area contributed by atoms with Crippen LogP contribution in [0.15, 0.2) is 0 Å². The lowest BCUT2D eigenvalue weighted by molar-refractivity contribution is -0.173. The van der Waals surface area contributed by atoms with Crippen molar-refractivity contribution in [2.75, 3.05) is 7.11 Å². The van der Waals surface area contributed by atoms with Gasteiger partial charge in [-0.25, -0.2) is 0 Å². The van der Waals surface area contributed by atoms with Crippen molar-refractivity contribution in [2.45, 2.75) is 141 Å². The Labute approximate surface area is 201 Å². The molecule has 0 spiro atoms. The number of carboxylic acids is 1. The summed E-state index contributed by atoms with van der Waals surface area (Å²) in [6.45, 7) is 4.33. The molecule has 0 heterocycles. The maximum atomic E-state index is 11.7. The van der Waals surface area contributed by atoms with Gasteiger partial charge in [-0.1, -0.05) is 97.3 Å². The average Bonchev–Trinajstić information content (AvgIpc) is 2.76. The van der Waals surface area contributed by atoms with Crippen LogP contribution in [-0.2, 0) is 19.1 Å². The number of carbonyl (C=O) groups is 2. The Morgan fingerprint density at radius 3 is 1.79 bits per heavy atom. The Morgan fingerprint density at radius 1 is 0.818 bits per heavy atom. The summed E-state index contributed by atoms with van der Waals surface area (Å²) in [5.74, 6) is -2.31. The zero-order valence-electron chi connectivity index (χ0n) is 21.4. The van der Waals surface area contributed by atoms with Crippen LogP contribution in [0, 0.1) is 5.92 Å². The molecular formula is C26H51NO6. The van der Waals surface area contributed by atoms with E-state index in [-0.39, 0.29) is 18.9 Å². The normalized spacial score (nSPS) is 15.2. The second kappa shape index (κ2) is 21.4. The van der Waals surface area contributed by atoms with Gasteiger partial charge in [0.25, 0.3) is 0 Å². The van der Waals surface area contributed by atoms with E-state index in [1.165, 1.54) is 45.6 Å². The van der Waals surface area contributed by atoms with Gasteiger partial charge < -0.3 is 25.4 Å². The summed E-state index contributed by atoms with van der Waals surface area (Å²) in [6, 6.07) is 0. The SMILES string of the molecule is CCCCCCCCCCC[C@@H](C[C@H](O)[C@H](CCCCCC)C(=O)O)O[C@H](CC(N)=O)OC. The van der Waals surface area contributed by atoms with Crippen LogP contribution in [0.4, 0.5) is 0 Å². The van der Waals surface area contributed by atoms with Crippen molar-refractivity contribution in [1.82, 2.24) is 0 Å². The Kier molecular flexibility index (Phi) is 20.6. The third-order valence-corrected chi connectivity index (χ3v) is 6.26. The summed E-state index contributed by atoms with van der Waals surface area (Å²) < 4.78 is 11.2. The monoisotopic (exact) mass is 473 g/mol. The molecule has 0 aliphatic rings. The lowest BCUT2D eigenvalue weighted by Gasteiger charge is -2.27. The van der Waals surface area contributed by atoms with Gasteiger partial charge in [-0.15, -0.1) is 0 Å². The highest BCUT2D eigenvalue weighted by Gasteiger charge is 2.30. The van der Waals surface area contributed by atoms with Crippen molar-refractivity contribution < 1.29 is 29.3 Å². The molecule has 1 amide bonds. The van der Waals surface area contributed by atoms with Crippen molar-refractivity contribution in [3.63, 3.8) is 0 Å². The van der Waals surface area contributed by atoms with E-state index in [1.54, 1.807) is 0 Å². The third-order valence-electron chi connectivity index (χ3n) is 6.26. The van der Waals surface area contributed by atoms with Crippen molar-refractivity contribution in [3.8, 4) is 0 Å². The van der Waals surface area contributed by atoms with Crippen LogP contribution >= 0.6 is 0 Å². The van der Waals surface area contributed by atoms with Crippen LogP contribution in [-0.4, -0.2) is 47.7 Å². The highest BCUT2D eigenvalue weighted by Crippen LogP contribution is 2.23. The Morgan fingerprint density at radius 2 is 1.30 bits per heavy atom. The Bertz CT molecular complexity index is 487. The molecule has 0 aromatic heterocycles. The molecule has 0 aromatic carbocycles. The minimum Gasteiger partial charge on any atom is -0.481 e. The zero-order chi connectivity index (χ0) is 24.9. The van der Waals surface area contributed by atoms with Gasteiger partial charge in [0.05, 0.1) is 24.5 Å². The first-order chi connectivity index (χ1) is 15.8. The fourth-order valence-electron chi connectivity index (χ4n) is 4.20. The number of ether oxygens (including phenoxy) is 2. The number of aliphatic carboxylic acids is 1. The van der Waals surface area contributed by atoms with E-state index >= 15 is 0 Å². The topological polar surface area (TPSA) is 119 Å². The fraction of sp³-hybridized carbons (Fsp3) is 0.923. The van der Waals surface area contributed by atoms with Gasteiger partial charge in [-0.05, 0) is 12.8 Å². The molecule has 196 valence electrons. The first kappa shape index (κ1) is 31.8. The maximum Gasteiger partial charge on any atom is 0.309 e. The highest BCUT2D eigenvalue weighted by molar-refractivity contribution is 5.74. The highest BCUT2D eigenvalue weighted by atomic mass is 16.7. The van der Waals surface area contributed by atoms with E-state index in [9.17, 15) is 19.8 Å². The number of amides is 1. The Balaban J connectivity index is 4.72. The number of aliphatic hydroxyl groups excluding tert-OH is 1. The number of carboxylic acid groups (broad SMARTS) is 1. The summed E-state index contributed by atoms with van der Waals surface area (Å²) >= 11 is 0. The minimum atomic E-state index is -1.00. The Hall–Kier alpha value is -1.18. The molecule has 7 nitrogen and oxygen atoms in total. The first-order valence-electron chi connectivity index (χ1n) is 13.2. The smallest absolute Gasteiger partial charge is 0.309 e. The van der Waals surface area contributed by atoms with E-state index in [0.29, 0.717) is 12.8 Å². The number of aliphatic hydroxyl groups is 1. The number of unbranched alkanes of at least 4 members (excludes halogenated alkanes) is 11. The van der Waals surface area contributed by atoms with Gasteiger partial charge in [0, 0.05) is 13.5 Å². The van der Waals surface area contributed by atoms with Crippen LogP contribution < -0.4 is 5.73 Å². The molecule has 0 unspecified atom stereocenters. The molecule has 0 rings (SSSR count). The van der Waals surface area contributed by atoms with E-state index in [1.807, 2.05) is 0 Å². The number of methoxy groups -OCH3 is 1. The number of hydrogen-bond donors (Lipinski definition) is 3. The predicted octanol–water partition coefficient (Wildman–Crippen LogP) is 5.56. The van der Waals surface area contributed by atoms with Crippen LogP contribution in [0.25, 0.3) is 0 Å².